The molecule has 1 aromatic heterocycles. The highest BCUT2D eigenvalue weighted by Gasteiger charge is 2.48. The highest BCUT2D eigenvalue weighted by atomic mass is 32.1. The Morgan fingerprint density at radius 3 is 2.73 bits per heavy atom. The summed E-state index contributed by atoms with van der Waals surface area (Å²) in [6.45, 7) is 0. The maximum absolute atomic E-state index is 12.8. The molecule has 0 radical (unpaired) electrons. The Bertz CT molecular complexity index is 920. The van der Waals surface area contributed by atoms with Gasteiger partial charge in [-0.1, -0.05) is 17.4 Å². The minimum absolute atomic E-state index is 0.0560. The molecule has 2 aromatic rings. The molecular weight excluding hydrogens is 358 g/mol. The third-order valence-electron chi connectivity index (χ3n) is 4.50. The van der Waals surface area contributed by atoms with Gasteiger partial charge in [-0.2, -0.15) is 0 Å². The van der Waals surface area contributed by atoms with Crippen LogP contribution in [0, 0.1) is 5.92 Å². The first-order chi connectivity index (χ1) is 12.5. The average Bonchev–Trinajstić information content (AvgIpc) is 3.29. The molecule has 1 atom stereocenters. The fourth-order valence-electron chi connectivity index (χ4n) is 3.07. The van der Waals surface area contributed by atoms with Crippen LogP contribution in [0.5, 0.6) is 11.5 Å². The molecule has 1 saturated carbocycles. The van der Waals surface area contributed by atoms with E-state index in [-0.39, 0.29) is 33.9 Å². The van der Waals surface area contributed by atoms with Crippen LogP contribution in [0.3, 0.4) is 0 Å². The molecule has 0 spiro atoms. The summed E-state index contributed by atoms with van der Waals surface area (Å²) in [4.78, 5) is 26.7. The number of aliphatic hydroxyl groups is 1. The van der Waals surface area contributed by atoms with Crippen LogP contribution in [0.2, 0.25) is 0 Å². The summed E-state index contributed by atoms with van der Waals surface area (Å²) in [6, 6.07) is 3.70. The summed E-state index contributed by atoms with van der Waals surface area (Å²) in [5.74, 6) is -1.52. The molecule has 1 fully saturated rings. The van der Waals surface area contributed by atoms with Crippen LogP contribution in [-0.2, 0) is 9.59 Å². The summed E-state index contributed by atoms with van der Waals surface area (Å²) in [5.41, 5.74) is 2.05. The van der Waals surface area contributed by atoms with Crippen LogP contribution in [0.1, 0.15) is 24.4 Å². The number of hydrogen-bond donors (Lipinski definition) is 2. The van der Waals surface area contributed by atoms with Crippen LogP contribution in [0.4, 0.5) is 5.13 Å². The van der Waals surface area contributed by atoms with E-state index in [4.69, 9.17) is 4.74 Å². The maximum atomic E-state index is 12.8. The van der Waals surface area contributed by atoms with Crippen molar-refractivity contribution in [2.75, 3.05) is 12.0 Å². The van der Waals surface area contributed by atoms with Gasteiger partial charge in [-0.15, -0.1) is 10.2 Å². The third kappa shape index (κ3) is 2.51. The van der Waals surface area contributed by atoms with E-state index in [1.807, 2.05) is 0 Å². The molecule has 4 rings (SSSR count). The van der Waals surface area contributed by atoms with Gasteiger partial charge in [-0.3, -0.25) is 14.5 Å². The number of nitrogens with zero attached hydrogens (tertiary/aromatic N) is 3. The van der Waals surface area contributed by atoms with E-state index >= 15 is 0 Å². The molecule has 2 heterocycles. The summed E-state index contributed by atoms with van der Waals surface area (Å²) in [5, 5.41) is 28.2. The highest BCUT2D eigenvalue weighted by molar-refractivity contribution is 7.13. The molecule has 0 bridgehead atoms. The van der Waals surface area contributed by atoms with E-state index in [1.54, 1.807) is 12.1 Å². The summed E-state index contributed by atoms with van der Waals surface area (Å²) in [7, 11) is 1.41. The van der Waals surface area contributed by atoms with Gasteiger partial charge in [0.1, 0.15) is 5.51 Å². The lowest BCUT2D eigenvalue weighted by Gasteiger charge is -2.24. The number of rotatable bonds is 5. The Balaban J connectivity index is 1.87. The van der Waals surface area contributed by atoms with Crippen LogP contribution in [0.25, 0.3) is 0 Å². The van der Waals surface area contributed by atoms with Crippen molar-refractivity contribution in [1.29, 1.82) is 0 Å². The topological polar surface area (TPSA) is 113 Å². The van der Waals surface area contributed by atoms with Crippen LogP contribution in [0.15, 0.2) is 35.0 Å². The van der Waals surface area contributed by atoms with Gasteiger partial charge in [-0.05, 0) is 30.5 Å². The molecule has 1 unspecified atom stereocenters. The van der Waals surface area contributed by atoms with Crippen molar-refractivity contribution in [3.8, 4) is 11.5 Å². The molecule has 1 aliphatic heterocycles. The lowest BCUT2D eigenvalue weighted by molar-refractivity contribution is -0.118. The number of benzene rings is 1. The molecule has 9 heteroatoms. The van der Waals surface area contributed by atoms with Gasteiger partial charge in [0, 0.05) is 5.92 Å². The fourth-order valence-corrected chi connectivity index (χ4v) is 3.66. The molecule has 0 saturated heterocycles. The average molecular weight is 373 g/mol. The number of methoxy groups -OCH3 is 1. The molecule has 8 nitrogen and oxygen atoms in total. The Hall–Kier alpha value is -2.94. The van der Waals surface area contributed by atoms with E-state index in [9.17, 15) is 19.8 Å². The van der Waals surface area contributed by atoms with Crippen molar-refractivity contribution in [2.45, 2.75) is 18.9 Å². The molecule has 26 heavy (non-hydrogen) atoms. The number of ether oxygens (including phenoxy) is 1. The number of carbonyl (C=O) groups excluding carboxylic acids is 2. The molecule has 1 amide bonds. The van der Waals surface area contributed by atoms with Crippen LogP contribution >= 0.6 is 11.3 Å². The highest BCUT2D eigenvalue weighted by Crippen LogP contribution is 2.46. The lowest BCUT2D eigenvalue weighted by atomic mass is 9.94. The lowest BCUT2D eigenvalue weighted by Crippen LogP contribution is -2.31. The van der Waals surface area contributed by atoms with Crippen molar-refractivity contribution in [1.82, 2.24) is 10.2 Å². The molecule has 1 aromatic carbocycles. The van der Waals surface area contributed by atoms with Crippen LogP contribution in [-0.4, -0.2) is 39.2 Å². The zero-order chi connectivity index (χ0) is 18.4. The predicted molar refractivity (Wildman–Crippen MR) is 92.2 cm³/mol. The third-order valence-corrected chi connectivity index (χ3v) is 5.18. The minimum atomic E-state index is -0.849. The molecule has 2 aliphatic rings. The first-order valence-corrected chi connectivity index (χ1v) is 8.85. The summed E-state index contributed by atoms with van der Waals surface area (Å²) >= 11 is 1.13. The number of carbonyl (C=O) groups is 2. The molecule has 134 valence electrons. The van der Waals surface area contributed by atoms with E-state index < -0.39 is 17.7 Å². The van der Waals surface area contributed by atoms with Gasteiger partial charge in [0.15, 0.2) is 23.0 Å². The van der Waals surface area contributed by atoms with Gasteiger partial charge >= 0.3 is 0 Å². The Kier molecular flexibility index (Phi) is 3.87. The first-order valence-electron chi connectivity index (χ1n) is 7.97. The summed E-state index contributed by atoms with van der Waals surface area (Å²) < 4.78 is 5.14. The standard InChI is InChI=1S/C17H15N3O5S/c1-25-11-6-9(4-5-10(11)21)13-12(14(22)8-2-3-8)15(23)16(24)20(13)17-19-18-7-26-17/h4-8,13,21,23H,2-3H2,1H3. The maximum Gasteiger partial charge on any atom is 0.296 e. The second-order valence-electron chi connectivity index (χ2n) is 6.13. The summed E-state index contributed by atoms with van der Waals surface area (Å²) in [6.07, 6.45) is 1.49. The van der Waals surface area contributed by atoms with E-state index in [1.165, 1.54) is 23.6 Å². The first kappa shape index (κ1) is 16.5. The minimum Gasteiger partial charge on any atom is -0.504 e. The number of phenols is 1. The van der Waals surface area contributed by atoms with Gasteiger partial charge in [0.05, 0.1) is 18.7 Å². The second-order valence-corrected chi connectivity index (χ2v) is 6.94. The van der Waals surface area contributed by atoms with Crippen LogP contribution < -0.4 is 9.64 Å². The van der Waals surface area contributed by atoms with Crippen molar-refractivity contribution < 1.29 is 24.5 Å². The number of Topliss-reactive ketones (excluding diaryl/α,β-unsaturated/α-hetero) is 1. The monoisotopic (exact) mass is 373 g/mol. The predicted octanol–water partition coefficient (Wildman–Crippen LogP) is 2.13. The van der Waals surface area contributed by atoms with E-state index in [2.05, 4.69) is 10.2 Å². The van der Waals surface area contributed by atoms with E-state index in [0.717, 1.165) is 24.2 Å². The number of hydrogen-bond acceptors (Lipinski definition) is 8. The SMILES string of the molecule is COc1cc(C2C(C(=O)C3CC3)=C(O)C(=O)N2c2nncs2)ccc1O. The quantitative estimate of drug-likeness (QED) is 0.825. The van der Waals surface area contributed by atoms with Crippen molar-refractivity contribution >= 4 is 28.2 Å². The Morgan fingerprint density at radius 1 is 1.35 bits per heavy atom. The van der Waals surface area contributed by atoms with E-state index in [0.29, 0.717) is 5.56 Å². The number of phenolic OH excluding ortho intramolecular Hbond substituents is 1. The van der Waals surface area contributed by atoms with Gasteiger partial charge < -0.3 is 14.9 Å². The smallest absolute Gasteiger partial charge is 0.296 e. The Morgan fingerprint density at radius 2 is 2.12 bits per heavy atom. The molecular formula is C17H15N3O5S. The number of amides is 1. The number of aliphatic hydroxyl groups excluding tert-OH is 1. The molecule has 2 N–H and O–H groups in total. The Labute approximate surface area is 152 Å². The normalized spacial score (nSPS) is 20.0. The van der Waals surface area contributed by atoms with Gasteiger partial charge in [0.25, 0.3) is 5.91 Å². The number of aromatic nitrogens is 2. The van der Waals surface area contributed by atoms with Gasteiger partial charge in [0.2, 0.25) is 5.13 Å². The largest absolute Gasteiger partial charge is 0.504 e. The van der Waals surface area contributed by atoms with Gasteiger partial charge in [-0.25, -0.2) is 0 Å². The number of anilines is 1. The van der Waals surface area contributed by atoms with Crippen molar-refractivity contribution in [2.24, 2.45) is 5.92 Å². The fraction of sp³-hybridized carbons (Fsp3) is 0.294. The van der Waals surface area contributed by atoms with Crippen molar-refractivity contribution in [3.63, 3.8) is 0 Å². The second kappa shape index (κ2) is 6.10. The molecule has 1 aliphatic carbocycles. The number of aromatic hydroxyl groups is 1. The number of ketones is 1. The zero-order valence-corrected chi connectivity index (χ0v) is 14.6. The van der Waals surface area contributed by atoms with Crippen molar-refractivity contribution in [3.05, 3.63) is 40.6 Å². The zero-order valence-electron chi connectivity index (χ0n) is 13.7.